The van der Waals surface area contributed by atoms with E-state index in [9.17, 15) is 4.79 Å². The van der Waals surface area contributed by atoms with Gasteiger partial charge in [0.05, 0.1) is 35.4 Å². The number of halogens is 1. The number of carbonyl (C=O) groups is 1. The van der Waals surface area contributed by atoms with Gasteiger partial charge in [0.1, 0.15) is 12.0 Å². The van der Waals surface area contributed by atoms with Crippen LogP contribution in [-0.2, 0) is 4.79 Å². The molecule has 0 radical (unpaired) electrons. The summed E-state index contributed by atoms with van der Waals surface area (Å²) < 4.78 is 5.22. The van der Waals surface area contributed by atoms with E-state index in [0.29, 0.717) is 34.6 Å². The number of hydrogen-bond donors (Lipinski definition) is 4. The van der Waals surface area contributed by atoms with E-state index in [-0.39, 0.29) is 6.61 Å². The molecule has 11 heteroatoms. The first-order chi connectivity index (χ1) is 21.1. The minimum Gasteiger partial charge on any atom is -0.497 e. The summed E-state index contributed by atoms with van der Waals surface area (Å²) in [5.41, 5.74) is 4.82. The lowest BCUT2D eigenvalue weighted by atomic mass is 10.2. The highest BCUT2D eigenvalue weighted by Crippen LogP contribution is 2.31. The molecule has 4 aromatic rings. The molecular formula is C33H48ClN7O3. The number of aryl methyl sites for hydroxylation is 1. The highest BCUT2D eigenvalue weighted by Gasteiger charge is 2.10. The Morgan fingerprint density at radius 1 is 0.909 bits per heavy atom. The topological polar surface area (TPSA) is 115 Å². The molecule has 240 valence electrons. The monoisotopic (exact) mass is 625 g/mol. The van der Waals surface area contributed by atoms with Gasteiger partial charge < -0.3 is 35.5 Å². The Balaban J connectivity index is 0.000000366. The summed E-state index contributed by atoms with van der Waals surface area (Å²) in [6.07, 6.45) is 0.926. The highest BCUT2D eigenvalue weighted by molar-refractivity contribution is 6.33. The lowest BCUT2D eigenvalue weighted by Crippen LogP contribution is -2.29. The molecule has 44 heavy (non-hydrogen) atoms. The molecule has 0 aliphatic heterocycles. The van der Waals surface area contributed by atoms with Crippen molar-refractivity contribution in [1.82, 2.24) is 19.8 Å². The molecule has 4 N–H and O–H groups in total. The number of ether oxygens (including phenoxy) is 1. The highest BCUT2D eigenvalue weighted by atomic mass is 35.5. The number of aldehydes is 1. The minimum absolute atomic E-state index is 0.250. The molecule has 1 heterocycles. The Bertz CT molecular complexity index is 1390. The van der Waals surface area contributed by atoms with Crippen molar-refractivity contribution in [2.75, 3.05) is 84.5 Å². The van der Waals surface area contributed by atoms with Gasteiger partial charge in [-0.2, -0.15) is 0 Å². The first kappa shape index (κ1) is 38.1. The molecular weight excluding hydrogens is 578 g/mol. The van der Waals surface area contributed by atoms with Crippen LogP contribution >= 0.6 is 11.6 Å². The molecule has 0 bridgehead atoms. The second kappa shape index (κ2) is 21.7. The normalized spacial score (nSPS) is 10.0. The molecule has 0 saturated carbocycles. The van der Waals surface area contributed by atoms with Gasteiger partial charge in [-0.3, -0.25) is 4.90 Å². The average Bonchev–Trinajstić information content (AvgIpc) is 3.02. The number of aliphatic hydroxyl groups is 1. The number of aliphatic hydroxyl groups excluding tert-OH is 1. The number of carbonyl (C=O) groups excluding carboxylic acids is 1. The van der Waals surface area contributed by atoms with Gasteiger partial charge in [-0.05, 0) is 77.0 Å². The smallest absolute Gasteiger partial charge is 0.174 e. The zero-order chi connectivity index (χ0) is 32.9. The Hall–Kier alpha value is -3.96. The molecule has 0 aliphatic rings. The fourth-order valence-electron chi connectivity index (χ4n) is 3.51. The summed E-state index contributed by atoms with van der Waals surface area (Å²) in [5.74, 6) is 1.97. The van der Waals surface area contributed by atoms with Crippen molar-refractivity contribution < 1.29 is 14.6 Å². The molecule has 3 aromatic carbocycles. The molecule has 0 aliphatic carbocycles. The maximum absolute atomic E-state index is 10.0. The number of para-hydroxylation sites is 2. The Morgan fingerprint density at radius 3 is 2.05 bits per heavy atom. The first-order valence-electron chi connectivity index (χ1n) is 14.3. The lowest BCUT2D eigenvalue weighted by Gasteiger charge is -2.16. The van der Waals surface area contributed by atoms with Crippen molar-refractivity contribution in [3.63, 3.8) is 0 Å². The fraction of sp³-hybridized carbons (Fsp3) is 0.364. The van der Waals surface area contributed by atoms with Gasteiger partial charge >= 0.3 is 0 Å². The van der Waals surface area contributed by atoms with Crippen LogP contribution in [0.25, 0.3) is 11.0 Å². The van der Waals surface area contributed by atoms with Gasteiger partial charge in [-0.25, -0.2) is 9.97 Å². The van der Waals surface area contributed by atoms with Crippen LogP contribution in [0.15, 0.2) is 66.7 Å². The van der Waals surface area contributed by atoms with Crippen molar-refractivity contribution in [2.45, 2.75) is 13.8 Å². The van der Waals surface area contributed by atoms with E-state index < -0.39 is 0 Å². The molecule has 10 nitrogen and oxygen atoms in total. The number of rotatable bonds is 10. The summed E-state index contributed by atoms with van der Waals surface area (Å²) in [7, 11) is 11.3. The van der Waals surface area contributed by atoms with E-state index in [0.717, 1.165) is 30.4 Å². The number of benzene rings is 3. The van der Waals surface area contributed by atoms with Crippen molar-refractivity contribution in [3.8, 4) is 5.75 Å². The minimum atomic E-state index is 0.250. The molecule has 0 atom stereocenters. The second-order valence-electron chi connectivity index (χ2n) is 9.80. The molecule has 0 unspecified atom stereocenters. The molecule has 1 aromatic heterocycles. The van der Waals surface area contributed by atoms with Crippen molar-refractivity contribution >= 4 is 51.9 Å². The standard InChI is InChI=1S/C16H15ClN4O.C8H11N.C7H16N2O.C2H6O/c1-18-15-16(20-13-6-4-3-5-12(13)19-15)21-14-9-10(22-2)7-8-11(14)17;1-7-4-3-5-8(6-7)9-2;1-8(2)4-5-9(3)6-7-10;1-2-3/h3-9H,1-2H3,(H,18,19)(H,20,21);3-6,9H,1-2H3;7H,4-6H2,1-3H3;3H,2H2,1H3. The van der Waals surface area contributed by atoms with Crippen LogP contribution in [0, 0.1) is 6.92 Å². The number of likely N-dealkylation sites (N-methyl/N-ethyl adjacent to an activating group) is 2. The van der Waals surface area contributed by atoms with E-state index in [1.54, 1.807) is 33.2 Å². The van der Waals surface area contributed by atoms with Gasteiger partial charge in [0.25, 0.3) is 0 Å². The summed E-state index contributed by atoms with van der Waals surface area (Å²) in [6, 6.07) is 21.4. The number of nitrogens with zero attached hydrogens (tertiary/aromatic N) is 4. The van der Waals surface area contributed by atoms with Gasteiger partial charge in [-0.1, -0.05) is 35.9 Å². The van der Waals surface area contributed by atoms with Crippen LogP contribution in [0.2, 0.25) is 5.02 Å². The number of aromatic nitrogens is 2. The lowest BCUT2D eigenvalue weighted by molar-refractivity contribution is -0.108. The van der Waals surface area contributed by atoms with Crippen molar-refractivity contribution in [1.29, 1.82) is 0 Å². The van der Waals surface area contributed by atoms with Crippen LogP contribution in [0.5, 0.6) is 5.75 Å². The Morgan fingerprint density at radius 2 is 1.55 bits per heavy atom. The van der Waals surface area contributed by atoms with E-state index >= 15 is 0 Å². The number of fused-ring (bicyclic) bond motifs is 1. The first-order valence-corrected chi connectivity index (χ1v) is 14.7. The molecule has 0 fully saturated rings. The van der Waals surface area contributed by atoms with E-state index in [1.165, 1.54) is 11.3 Å². The van der Waals surface area contributed by atoms with Crippen LogP contribution in [0.3, 0.4) is 0 Å². The average molecular weight is 626 g/mol. The number of nitrogens with one attached hydrogen (secondary N) is 3. The fourth-order valence-corrected chi connectivity index (χ4v) is 3.67. The van der Waals surface area contributed by atoms with Crippen LogP contribution in [0.4, 0.5) is 23.0 Å². The van der Waals surface area contributed by atoms with Gasteiger partial charge in [0, 0.05) is 45.5 Å². The van der Waals surface area contributed by atoms with Crippen molar-refractivity contribution in [3.05, 3.63) is 77.3 Å². The second-order valence-corrected chi connectivity index (χ2v) is 10.2. The zero-order valence-corrected chi connectivity index (χ0v) is 27.9. The van der Waals surface area contributed by atoms with Crippen LogP contribution in [-0.4, -0.2) is 99.7 Å². The summed E-state index contributed by atoms with van der Waals surface area (Å²) in [4.78, 5) is 23.3. The van der Waals surface area contributed by atoms with Gasteiger partial charge in [-0.15, -0.1) is 0 Å². The predicted molar refractivity (Wildman–Crippen MR) is 186 cm³/mol. The summed E-state index contributed by atoms with van der Waals surface area (Å²) >= 11 is 6.23. The molecule has 0 spiro atoms. The van der Waals surface area contributed by atoms with E-state index in [4.69, 9.17) is 21.4 Å². The third-order valence-corrected chi connectivity index (χ3v) is 6.19. The number of hydrogen-bond acceptors (Lipinski definition) is 10. The van der Waals surface area contributed by atoms with E-state index in [2.05, 4.69) is 49.9 Å². The Kier molecular flexibility index (Phi) is 18.8. The number of anilines is 4. The maximum atomic E-state index is 10.0. The summed E-state index contributed by atoms with van der Waals surface area (Å²) in [6.45, 7) is 6.50. The third kappa shape index (κ3) is 14.5. The van der Waals surface area contributed by atoms with Crippen molar-refractivity contribution in [2.24, 2.45) is 0 Å². The third-order valence-electron chi connectivity index (χ3n) is 5.86. The Labute approximate surface area is 267 Å². The van der Waals surface area contributed by atoms with Crippen LogP contribution < -0.4 is 20.7 Å². The zero-order valence-electron chi connectivity index (χ0n) is 27.2. The largest absolute Gasteiger partial charge is 0.497 e. The summed E-state index contributed by atoms with van der Waals surface area (Å²) in [5, 5.41) is 17.5. The van der Waals surface area contributed by atoms with E-state index in [1.807, 2.05) is 75.6 Å². The molecule has 0 amide bonds. The molecule has 0 saturated heterocycles. The van der Waals surface area contributed by atoms with Crippen LogP contribution in [0.1, 0.15) is 12.5 Å². The molecule has 4 rings (SSSR count). The number of methoxy groups -OCH3 is 1. The van der Waals surface area contributed by atoms with Gasteiger partial charge in [0.15, 0.2) is 11.6 Å². The maximum Gasteiger partial charge on any atom is 0.174 e. The predicted octanol–water partition coefficient (Wildman–Crippen LogP) is 5.79. The van der Waals surface area contributed by atoms with Gasteiger partial charge in [0.2, 0.25) is 0 Å². The SMILES string of the molecule is CCO.CN(C)CCN(C)CC=O.CNc1cccc(C)c1.CNc1nc2ccccc2nc1Nc1cc(OC)ccc1Cl. The quantitative estimate of drug-likeness (QED) is 0.161.